The van der Waals surface area contributed by atoms with Gasteiger partial charge in [-0.05, 0) is 12.1 Å². The molecule has 0 bridgehead atoms. The molecule has 2 rings (SSSR count). The molecule has 2 aromatic heterocycles. The van der Waals surface area contributed by atoms with Gasteiger partial charge < -0.3 is 10.1 Å². The zero-order valence-corrected chi connectivity index (χ0v) is 7.59. The van der Waals surface area contributed by atoms with Crippen molar-refractivity contribution in [2.75, 3.05) is 0 Å². The van der Waals surface area contributed by atoms with E-state index >= 15 is 0 Å². The first-order chi connectivity index (χ1) is 7.20. The van der Waals surface area contributed by atoms with Crippen molar-refractivity contribution in [2.24, 2.45) is 0 Å². The molecule has 2 heterocycles. The monoisotopic (exact) mass is 209 g/mol. The van der Waals surface area contributed by atoms with Crippen LogP contribution in [-0.4, -0.2) is 26.0 Å². The number of pyridine rings is 1. The summed E-state index contributed by atoms with van der Waals surface area (Å²) in [6.07, 6.45) is 5.08. The van der Waals surface area contributed by atoms with E-state index < -0.39 is 11.9 Å². The second-order valence-electron chi connectivity index (χ2n) is 2.41. The summed E-state index contributed by atoms with van der Waals surface area (Å²) < 4.78 is 12.2. The molecule has 0 aliphatic heterocycles. The maximum Gasteiger partial charge on any atom is 0.354 e. The SMILES string of the molecule is O=C(O)c1cccc(F)n1.c1c[nH]cn1. The standard InChI is InChI=1S/C6H4FNO2.C3H4N2/c7-5-3-1-2-4(8-5)6(9)10;1-2-5-3-4-1/h1-3H,(H,9,10);1-3H,(H,4,5). The third-order valence-electron chi connectivity index (χ3n) is 1.34. The Morgan fingerprint density at radius 3 is 2.60 bits per heavy atom. The van der Waals surface area contributed by atoms with Gasteiger partial charge in [-0.15, -0.1) is 0 Å². The average molecular weight is 209 g/mol. The van der Waals surface area contributed by atoms with Crippen molar-refractivity contribution in [3.05, 3.63) is 48.6 Å². The van der Waals surface area contributed by atoms with Crippen molar-refractivity contribution in [1.29, 1.82) is 0 Å². The molecule has 0 saturated heterocycles. The molecule has 78 valence electrons. The molecule has 0 aliphatic rings. The molecule has 0 amide bonds. The van der Waals surface area contributed by atoms with Gasteiger partial charge >= 0.3 is 5.97 Å². The van der Waals surface area contributed by atoms with Crippen LogP contribution >= 0.6 is 0 Å². The van der Waals surface area contributed by atoms with E-state index in [-0.39, 0.29) is 5.69 Å². The molecule has 6 heteroatoms. The van der Waals surface area contributed by atoms with Gasteiger partial charge in [0.1, 0.15) is 0 Å². The van der Waals surface area contributed by atoms with Crippen LogP contribution in [0.3, 0.4) is 0 Å². The smallest absolute Gasteiger partial charge is 0.354 e. The van der Waals surface area contributed by atoms with Crippen molar-refractivity contribution in [2.45, 2.75) is 0 Å². The molecule has 0 saturated carbocycles. The number of hydrogen-bond donors (Lipinski definition) is 2. The largest absolute Gasteiger partial charge is 0.477 e. The summed E-state index contributed by atoms with van der Waals surface area (Å²) in [5, 5.41) is 8.28. The molecule has 0 atom stereocenters. The van der Waals surface area contributed by atoms with E-state index in [1.165, 1.54) is 12.1 Å². The van der Waals surface area contributed by atoms with E-state index in [4.69, 9.17) is 5.11 Å². The number of aromatic carboxylic acids is 1. The normalized spacial score (nSPS) is 8.87. The van der Waals surface area contributed by atoms with E-state index in [2.05, 4.69) is 15.0 Å². The summed E-state index contributed by atoms with van der Waals surface area (Å²) in [6.45, 7) is 0. The van der Waals surface area contributed by atoms with Crippen molar-refractivity contribution < 1.29 is 14.3 Å². The van der Waals surface area contributed by atoms with E-state index in [0.717, 1.165) is 6.07 Å². The van der Waals surface area contributed by atoms with Gasteiger partial charge in [0.05, 0.1) is 6.33 Å². The van der Waals surface area contributed by atoms with Crippen LogP contribution in [0.2, 0.25) is 0 Å². The van der Waals surface area contributed by atoms with E-state index in [9.17, 15) is 9.18 Å². The molecule has 0 aromatic carbocycles. The summed E-state index contributed by atoms with van der Waals surface area (Å²) in [4.78, 5) is 19.6. The summed E-state index contributed by atoms with van der Waals surface area (Å²) in [6, 6.07) is 3.61. The molecule has 0 spiro atoms. The lowest BCUT2D eigenvalue weighted by atomic mass is 10.3. The van der Waals surface area contributed by atoms with Crippen LogP contribution in [0.4, 0.5) is 4.39 Å². The fraction of sp³-hybridized carbons (Fsp3) is 0. The number of halogens is 1. The predicted octanol–water partition coefficient (Wildman–Crippen LogP) is 1.33. The Morgan fingerprint density at radius 2 is 2.27 bits per heavy atom. The molecule has 0 aliphatic carbocycles. The van der Waals surface area contributed by atoms with Gasteiger partial charge in [0.15, 0.2) is 5.69 Å². The Hall–Kier alpha value is -2.24. The lowest BCUT2D eigenvalue weighted by molar-refractivity contribution is 0.0689. The van der Waals surface area contributed by atoms with Crippen LogP contribution in [0.25, 0.3) is 0 Å². The lowest BCUT2D eigenvalue weighted by Crippen LogP contribution is -2.00. The Morgan fingerprint density at radius 1 is 1.47 bits per heavy atom. The van der Waals surface area contributed by atoms with E-state index in [1.54, 1.807) is 18.7 Å². The quantitative estimate of drug-likeness (QED) is 0.694. The zero-order chi connectivity index (χ0) is 11.1. The number of nitrogens with zero attached hydrogens (tertiary/aromatic N) is 2. The lowest BCUT2D eigenvalue weighted by Gasteiger charge is -1.90. The van der Waals surface area contributed by atoms with Gasteiger partial charge in [-0.2, -0.15) is 4.39 Å². The highest BCUT2D eigenvalue weighted by Crippen LogP contribution is 1.96. The minimum Gasteiger partial charge on any atom is -0.477 e. The number of carboxylic acid groups (broad SMARTS) is 1. The van der Waals surface area contributed by atoms with Gasteiger partial charge in [0, 0.05) is 12.4 Å². The van der Waals surface area contributed by atoms with Crippen LogP contribution in [-0.2, 0) is 0 Å². The third kappa shape index (κ3) is 3.99. The Balaban J connectivity index is 0.000000187. The topological polar surface area (TPSA) is 78.9 Å². The number of aromatic amines is 1. The fourth-order valence-corrected chi connectivity index (χ4v) is 0.743. The number of aromatic nitrogens is 3. The van der Waals surface area contributed by atoms with Gasteiger partial charge in [-0.3, -0.25) is 0 Å². The molecular weight excluding hydrogens is 201 g/mol. The van der Waals surface area contributed by atoms with Crippen molar-refractivity contribution >= 4 is 5.97 Å². The van der Waals surface area contributed by atoms with Crippen molar-refractivity contribution in [3.63, 3.8) is 0 Å². The number of hydrogen-bond acceptors (Lipinski definition) is 3. The highest BCUT2D eigenvalue weighted by Gasteiger charge is 2.03. The van der Waals surface area contributed by atoms with Crippen LogP contribution in [0.15, 0.2) is 36.9 Å². The number of nitrogens with one attached hydrogen (secondary N) is 1. The molecule has 2 aromatic rings. The first-order valence-corrected chi connectivity index (χ1v) is 3.99. The molecule has 2 N–H and O–H groups in total. The first kappa shape index (κ1) is 10.8. The highest BCUT2D eigenvalue weighted by atomic mass is 19.1. The van der Waals surface area contributed by atoms with Crippen molar-refractivity contribution in [3.8, 4) is 0 Å². The van der Waals surface area contributed by atoms with Crippen LogP contribution in [0.5, 0.6) is 0 Å². The summed E-state index contributed by atoms with van der Waals surface area (Å²) in [5.74, 6) is -2.00. The first-order valence-electron chi connectivity index (χ1n) is 3.99. The second kappa shape index (κ2) is 5.48. The Kier molecular flexibility index (Phi) is 3.96. The fourth-order valence-electron chi connectivity index (χ4n) is 0.743. The minimum atomic E-state index is -1.22. The molecule has 0 fully saturated rings. The van der Waals surface area contributed by atoms with E-state index in [1.807, 2.05) is 0 Å². The molecule has 0 unspecified atom stereocenters. The number of rotatable bonds is 1. The predicted molar refractivity (Wildman–Crippen MR) is 49.7 cm³/mol. The second-order valence-corrected chi connectivity index (χ2v) is 2.41. The van der Waals surface area contributed by atoms with Gasteiger partial charge in [-0.25, -0.2) is 14.8 Å². The Labute approximate surface area is 84.6 Å². The number of H-pyrrole nitrogens is 1. The summed E-state index contributed by atoms with van der Waals surface area (Å²) in [7, 11) is 0. The van der Waals surface area contributed by atoms with Crippen LogP contribution < -0.4 is 0 Å². The molecule has 0 radical (unpaired) electrons. The average Bonchev–Trinajstić information content (AvgIpc) is 2.75. The number of imidazole rings is 1. The molecule has 5 nitrogen and oxygen atoms in total. The Bertz CT molecular complexity index is 400. The zero-order valence-electron chi connectivity index (χ0n) is 7.59. The van der Waals surface area contributed by atoms with Crippen LogP contribution in [0.1, 0.15) is 10.5 Å². The van der Waals surface area contributed by atoms with E-state index in [0.29, 0.717) is 0 Å². The van der Waals surface area contributed by atoms with Gasteiger partial charge in [0.2, 0.25) is 5.95 Å². The summed E-state index contributed by atoms with van der Waals surface area (Å²) in [5.41, 5.74) is -0.278. The van der Waals surface area contributed by atoms with Gasteiger partial charge in [0.25, 0.3) is 0 Å². The van der Waals surface area contributed by atoms with Gasteiger partial charge in [-0.1, -0.05) is 6.07 Å². The maximum absolute atomic E-state index is 12.2. The van der Waals surface area contributed by atoms with Crippen molar-refractivity contribution in [1.82, 2.24) is 15.0 Å². The van der Waals surface area contributed by atoms with Crippen LogP contribution in [0, 0.1) is 5.95 Å². The number of carboxylic acids is 1. The highest BCUT2D eigenvalue weighted by molar-refractivity contribution is 5.85. The molecular formula is C9H8FN3O2. The summed E-state index contributed by atoms with van der Waals surface area (Å²) >= 11 is 0. The number of carbonyl (C=O) groups is 1. The minimum absolute atomic E-state index is 0.278. The molecule has 15 heavy (non-hydrogen) atoms. The maximum atomic E-state index is 12.2. The third-order valence-corrected chi connectivity index (χ3v) is 1.34.